The summed E-state index contributed by atoms with van der Waals surface area (Å²) in [4.78, 5) is 10.9. The molecule has 12 rings (SSSR count). The van der Waals surface area contributed by atoms with Crippen molar-refractivity contribution in [1.82, 2.24) is 9.97 Å². The van der Waals surface area contributed by atoms with E-state index >= 15 is 0 Å². The van der Waals surface area contributed by atoms with Crippen molar-refractivity contribution in [3.63, 3.8) is 0 Å². The Morgan fingerprint density at radius 2 is 1.08 bits per heavy atom. The molecule has 0 N–H and O–H groups in total. The van der Waals surface area contributed by atoms with Crippen molar-refractivity contribution in [3.05, 3.63) is 192 Å². The Hall–Kier alpha value is -6.62. The number of fused-ring (bicyclic) bond motifs is 15. The van der Waals surface area contributed by atoms with E-state index in [-0.39, 0.29) is 0 Å². The molecule has 0 atom stereocenters. The van der Waals surface area contributed by atoms with Crippen LogP contribution < -0.4 is 4.74 Å². The number of hydrogen-bond donors (Lipinski definition) is 0. The number of thiophene rings is 1. The van der Waals surface area contributed by atoms with Crippen LogP contribution in [0.3, 0.4) is 0 Å². The fourth-order valence-corrected chi connectivity index (χ4v) is 10.3. The summed E-state index contributed by atoms with van der Waals surface area (Å²) < 4.78 is 9.05. The Labute approximate surface area is 309 Å². The average Bonchev–Trinajstić information content (AvgIpc) is 3.74. The molecule has 1 aliphatic heterocycles. The third-order valence-electron chi connectivity index (χ3n) is 11.3. The van der Waals surface area contributed by atoms with Gasteiger partial charge in [0.15, 0.2) is 5.82 Å². The van der Waals surface area contributed by atoms with E-state index in [1.807, 2.05) is 0 Å². The van der Waals surface area contributed by atoms with E-state index in [1.54, 1.807) is 11.3 Å². The monoisotopic (exact) mass is 692 g/mol. The van der Waals surface area contributed by atoms with Crippen molar-refractivity contribution in [2.24, 2.45) is 0 Å². The van der Waals surface area contributed by atoms with Gasteiger partial charge in [-0.25, -0.2) is 9.97 Å². The molecule has 10 aromatic rings. The summed E-state index contributed by atoms with van der Waals surface area (Å²) in [6.45, 7) is 0. The molecule has 1 spiro atoms. The topological polar surface area (TPSA) is 35.0 Å². The summed E-state index contributed by atoms with van der Waals surface area (Å²) in [7, 11) is 0. The highest BCUT2D eigenvalue weighted by Crippen LogP contribution is 2.62. The first-order chi connectivity index (χ1) is 26.3. The molecule has 2 aromatic heterocycles. The molecule has 0 saturated heterocycles. The maximum absolute atomic E-state index is 6.77. The van der Waals surface area contributed by atoms with Crippen LogP contribution >= 0.6 is 11.3 Å². The van der Waals surface area contributed by atoms with Crippen molar-refractivity contribution in [2.45, 2.75) is 5.41 Å². The summed E-state index contributed by atoms with van der Waals surface area (Å²) in [6, 6.07) is 61.0. The van der Waals surface area contributed by atoms with E-state index in [2.05, 4.69) is 170 Å². The van der Waals surface area contributed by atoms with Gasteiger partial charge in [-0.3, -0.25) is 0 Å². The molecule has 4 heteroatoms. The second kappa shape index (κ2) is 10.7. The van der Waals surface area contributed by atoms with Crippen LogP contribution in [-0.2, 0) is 5.41 Å². The first-order valence-corrected chi connectivity index (χ1v) is 18.8. The number of nitrogens with zero attached hydrogens (tertiary/aromatic N) is 2. The molecule has 2 aliphatic rings. The van der Waals surface area contributed by atoms with E-state index in [0.29, 0.717) is 0 Å². The van der Waals surface area contributed by atoms with Crippen molar-refractivity contribution in [1.29, 1.82) is 0 Å². The normalized spacial score (nSPS) is 13.6. The summed E-state index contributed by atoms with van der Waals surface area (Å²) in [6.07, 6.45) is 0. The average molecular weight is 693 g/mol. The lowest BCUT2D eigenvalue weighted by Crippen LogP contribution is -2.32. The van der Waals surface area contributed by atoms with E-state index in [4.69, 9.17) is 14.7 Å². The fourth-order valence-electron chi connectivity index (χ4n) is 9.15. The quantitative estimate of drug-likeness (QED) is 0.169. The second-order valence-corrected chi connectivity index (χ2v) is 15.1. The third-order valence-corrected chi connectivity index (χ3v) is 12.5. The zero-order valence-electron chi connectivity index (χ0n) is 28.4. The molecule has 1 aliphatic carbocycles. The predicted octanol–water partition coefficient (Wildman–Crippen LogP) is 13.0. The van der Waals surface area contributed by atoms with Crippen LogP contribution in [0, 0.1) is 0 Å². The molecule has 0 unspecified atom stereocenters. The van der Waals surface area contributed by atoms with Gasteiger partial charge in [0.25, 0.3) is 0 Å². The molecule has 0 fully saturated rings. The van der Waals surface area contributed by atoms with Gasteiger partial charge in [0, 0.05) is 32.3 Å². The first kappa shape index (κ1) is 29.0. The Balaban J connectivity index is 1.18. The number of benzene rings is 8. The van der Waals surface area contributed by atoms with E-state index in [0.717, 1.165) is 66.3 Å². The number of hydrogen-bond acceptors (Lipinski definition) is 4. The second-order valence-electron chi connectivity index (χ2n) is 14.0. The van der Waals surface area contributed by atoms with Crippen LogP contribution in [-0.4, -0.2) is 9.97 Å². The maximum atomic E-state index is 6.77. The van der Waals surface area contributed by atoms with Crippen LogP contribution in [0.25, 0.3) is 75.6 Å². The number of ether oxygens (including phenoxy) is 1. The molecule has 0 amide bonds. The maximum Gasteiger partial charge on any atom is 0.161 e. The minimum Gasteiger partial charge on any atom is -0.457 e. The molecular formula is C49H28N2OS. The zero-order chi connectivity index (χ0) is 34.7. The molecule has 0 radical (unpaired) electrons. The fraction of sp³-hybridized carbons (Fsp3) is 0.0204. The van der Waals surface area contributed by atoms with Gasteiger partial charge < -0.3 is 4.74 Å². The standard InChI is InChI=1S/C49H28N2OS/c1-2-14-31-29(13-1)27-37(33-16-4-3-15-32(31)33)48-50-45(47-46(51-48)36-19-7-12-24-44(36)53-47)30-25-26-43-41(28-30)49(40-22-10-11-23-42(40)52-43)38-20-8-5-17-34(38)35-18-6-9-21-39(35)49/h1-28H. The Bertz CT molecular complexity index is 3130. The van der Waals surface area contributed by atoms with Gasteiger partial charge in [0.2, 0.25) is 0 Å². The van der Waals surface area contributed by atoms with Crippen molar-refractivity contribution >= 4 is 53.2 Å². The molecule has 3 heterocycles. The predicted molar refractivity (Wildman–Crippen MR) is 218 cm³/mol. The van der Waals surface area contributed by atoms with Gasteiger partial charge >= 0.3 is 0 Å². The smallest absolute Gasteiger partial charge is 0.161 e. The Morgan fingerprint density at radius 3 is 1.89 bits per heavy atom. The van der Waals surface area contributed by atoms with E-state index in [1.165, 1.54) is 43.1 Å². The number of rotatable bonds is 2. The molecule has 0 saturated carbocycles. The summed E-state index contributed by atoms with van der Waals surface area (Å²) in [5.41, 5.74) is 10.8. The Kier molecular flexibility index (Phi) is 5.86. The lowest BCUT2D eigenvalue weighted by atomic mass is 9.66. The van der Waals surface area contributed by atoms with E-state index < -0.39 is 5.41 Å². The van der Waals surface area contributed by atoms with E-state index in [9.17, 15) is 0 Å². The Morgan fingerprint density at radius 1 is 0.453 bits per heavy atom. The largest absolute Gasteiger partial charge is 0.457 e. The third kappa shape index (κ3) is 3.88. The zero-order valence-corrected chi connectivity index (χ0v) is 29.2. The van der Waals surface area contributed by atoms with Crippen LogP contribution in [0.5, 0.6) is 11.5 Å². The SMILES string of the molecule is c1ccc2c(c1)Oc1ccc(-c3nc(-c4cc5ccccc5c5ccccc45)nc4c3sc3ccccc34)cc1C21c2ccccc2-c2ccccc21. The summed E-state index contributed by atoms with van der Waals surface area (Å²) in [5, 5.41) is 5.89. The highest BCUT2D eigenvalue weighted by molar-refractivity contribution is 7.26. The minimum atomic E-state index is -0.558. The van der Waals surface area contributed by atoms with Gasteiger partial charge in [0.05, 0.1) is 21.3 Å². The van der Waals surface area contributed by atoms with Crippen LogP contribution in [0.4, 0.5) is 0 Å². The van der Waals surface area contributed by atoms with Crippen molar-refractivity contribution in [2.75, 3.05) is 0 Å². The molecule has 246 valence electrons. The van der Waals surface area contributed by atoms with Crippen LogP contribution in [0.2, 0.25) is 0 Å². The molecule has 0 bridgehead atoms. The van der Waals surface area contributed by atoms with Gasteiger partial charge in [-0.15, -0.1) is 11.3 Å². The highest BCUT2D eigenvalue weighted by Gasteiger charge is 2.51. The summed E-state index contributed by atoms with van der Waals surface area (Å²) >= 11 is 1.76. The lowest BCUT2D eigenvalue weighted by Gasteiger charge is -2.39. The highest BCUT2D eigenvalue weighted by atomic mass is 32.1. The van der Waals surface area contributed by atoms with Gasteiger partial charge in [0.1, 0.15) is 11.5 Å². The van der Waals surface area contributed by atoms with Crippen molar-refractivity contribution in [3.8, 4) is 45.3 Å². The van der Waals surface area contributed by atoms with Crippen LogP contribution in [0.15, 0.2) is 170 Å². The number of aromatic nitrogens is 2. The molecular weight excluding hydrogens is 665 g/mol. The van der Waals surface area contributed by atoms with Crippen molar-refractivity contribution < 1.29 is 4.74 Å². The molecule has 8 aromatic carbocycles. The number of para-hydroxylation sites is 1. The van der Waals surface area contributed by atoms with Gasteiger partial charge in [-0.05, 0) is 80.2 Å². The molecule has 53 heavy (non-hydrogen) atoms. The van der Waals surface area contributed by atoms with Crippen LogP contribution in [0.1, 0.15) is 22.3 Å². The molecule has 3 nitrogen and oxygen atoms in total. The van der Waals surface area contributed by atoms with Gasteiger partial charge in [-0.1, -0.05) is 133 Å². The minimum absolute atomic E-state index is 0.558. The lowest BCUT2D eigenvalue weighted by molar-refractivity contribution is 0.436. The first-order valence-electron chi connectivity index (χ1n) is 18.0. The summed E-state index contributed by atoms with van der Waals surface area (Å²) in [5.74, 6) is 2.48. The van der Waals surface area contributed by atoms with Gasteiger partial charge in [-0.2, -0.15) is 0 Å².